The number of halogens is 2. The number of nitrogens with zero attached hydrogens (tertiary/aromatic N) is 1. The highest BCUT2D eigenvalue weighted by molar-refractivity contribution is 5.99. The van der Waals surface area contributed by atoms with Crippen LogP contribution in [-0.4, -0.2) is 42.5 Å². The molecule has 0 N–H and O–H groups in total. The monoisotopic (exact) mass is 569 g/mol. The molecule has 0 saturated heterocycles. The van der Waals surface area contributed by atoms with Crippen LogP contribution in [0.1, 0.15) is 48.8 Å². The Morgan fingerprint density at radius 1 is 0.902 bits per heavy atom. The Bertz CT molecular complexity index is 1330. The number of carbonyl (C=O) groups is 3. The summed E-state index contributed by atoms with van der Waals surface area (Å²) in [6, 6.07) is 13.4. The van der Waals surface area contributed by atoms with Crippen molar-refractivity contribution in [3.63, 3.8) is 0 Å². The van der Waals surface area contributed by atoms with Gasteiger partial charge in [-0.15, -0.1) is 0 Å². The molecule has 10 heteroatoms. The number of methoxy groups -OCH3 is 1. The van der Waals surface area contributed by atoms with E-state index in [4.69, 9.17) is 18.9 Å². The van der Waals surface area contributed by atoms with Gasteiger partial charge in [-0.05, 0) is 48.7 Å². The second-order valence-electron chi connectivity index (χ2n) is 9.69. The highest BCUT2D eigenvalue weighted by Gasteiger charge is 2.28. The molecule has 0 unspecified atom stereocenters. The predicted molar refractivity (Wildman–Crippen MR) is 145 cm³/mol. The molecule has 41 heavy (non-hydrogen) atoms. The van der Waals surface area contributed by atoms with Gasteiger partial charge in [-0.25, -0.2) is 13.8 Å². The number of ether oxygens (including phenoxy) is 4. The number of rotatable bonds is 14. The summed E-state index contributed by atoms with van der Waals surface area (Å²) in [5, 5.41) is 0. The van der Waals surface area contributed by atoms with Crippen LogP contribution < -0.4 is 9.47 Å². The third-order valence-electron chi connectivity index (χ3n) is 6.38. The van der Waals surface area contributed by atoms with Gasteiger partial charge in [0.1, 0.15) is 17.7 Å². The molecule has 218 valence electrons. The zero-order valence-corrected chi connectivity index (χ0v) is 23.4. The molecule has 3 rings (SSSR count). The van der Waals surface area contributed by atoms with Crippen LogP contribution in [0, 0.1) is 23.5 Å². The Balaban J connectivity index is 1.67. The van der Waals surface area contributed by atoms with Crippen LogP contribution in [0.5, 0.6) is 11.5 Å². The molecule has 0 bridgehead atoms. The second-order valence-corrected chi connectivity index (χ2v) is 9.69. The van der Waals surface area contributed by atoms with Gasteiger partial charge < -0.3 is 18.9 Å². The molecule has 0 aliphatic rings. The van der Waals surface area contributed by atoms with E-state index in [0.717, 1.165) is 11.1 Å². The Kier molecular flexibility index (Phi) is 11.5. The molecule has 0 spiro atoms. The lowest BCUT2D eigenvalue weighted by Gasteiger charge is -2.25. The molecule has 1 aromatic heterocycles. The number of hydrogen-bond acceptors (Lipinski definition) is 8. The molecule has 1 heterocycles. The summed E-state index contributed by atoms with van der Waals surface area (Å²) in [7, 11) is 1.36. The number of pyridine rings is 1. The van der Waals surface area contributed by atoms with Gasteiger partial charge >= 0.3 is 11.9 Å². The topological polar surface area (TPSA) is 101 Å². The van der Waals surface area contributed by atoms with Crippen molar-refractivity contribution in [1.29, 1.82) is 0 Å². The van der Waals surface area contributed by atoms with Crippen LogP contribution in [0.25, 0.3) is 0 Å². The zero-order chi connectivity index (χ0) is 29.9. The number of ketones is 1. The highest BCUT2D eigenvalue weighted by atomic mass is 19.1. The van der Waals surface area contributed by atoms with Crippen molar-refractivity contribution in [2.45, 2.75) is 46.3 Å². The number of benzene rings is 2. The van der Waals surface area contributed by atoms with Crippen molar-refractivity contribution < 1.29 is 42.1 Å². The standard InChI is InChI=1S/C31H33F2NO7/c1-19(15-27(36)29-30(41-21(3)35)28(38-4)13-14-34-29)31(37)40-20(2)24(16-22-5-9-25(32)10-6-22)18-39-17-23-7-11-26(33)12-8-23/h5-14,19-20,24H,15-18H2,1-4H3/t19-,20+,24-/m1/s1. The molecule has 0 aliphatic carbocycles. The lowest BCUT2D eigenvalue weighted by atomic mass is 9.95. The Hall–Kier alpha value is -4.18. The third-order valence-corrected chi connectivity index (χ3v) is 6.38. The van der Waals surface area contributed by atoms with Crippen molar-refractivity contribution in [1.82, 2.24) is 4.98 Å². The molecular weight excluding hydrogens is 536 g/mol. The first-order valence-electron chi connectivity index (χ1n) is 13.1. The van der Waals surface area contributed by atoms with E-state index in [1.165, 1.54) is 50.6 Å². The average Bonchev–Trinajstić information content (AvgIpc) is 2.94. The molecule has 0 saturated carbocycles. The molecule has 0 aliphatic heterocycles. The Morgan fingerprint density at radius 3 is 2.10 bits per heavy atom. The number of esters is 2. The van der Waals surface area contributed by atoms with Crippen molar-refractivity contribution in [3.05, 3.63) is 89.2 Å². The summed E-state index contributed by atoms with van der Waals surface area (Å²) < 4.78 is 48.6. The van der Waals surface area contributed by atoms with Gasteiger partial charge in [0.25, 0.3) is 0 Å². The summed E-state index contributed by atoms with van der Waals surface area (Å²) in [6.45, 7) is 4.90. The molecule has 2 aromatic carbocycles. The smallest absolute Gasteiger partial charge is 0.309 e. The van der Waals surface area contributed by atoms with Crippen LogP contribution in [0.3, 0.4) is 0 Å². The molecule has 0 radical (unpaired) electrons. The Labute approximate surface area is 237 Å². The van der Waals surface area contributed by atoms with E-state index in [2.05, 4.69) is 4.98 Å². The van der Waals surface area contributed by atoms with Gasteiger partial charge in [-0.1, -0.05) is 31.2 Å². The van der Waals surface area contributed by atoms with E-state index < -0.39 is 29.7 Å². The van der Waals surface area contributed by atoms with E-state index in [9.17, 15) is 23.2 Å². The maximum absolute atomic E-state index is 13.4. The van der Waals surface area contributed by atoms with Crippen LogP contribution >= 0.6 is 0 Å². The number of carbonyl (C=O) groups excluding carboxylic acids is 3. The minimum Gasteiger partial charge on any atom is -0.493 e. The van der Waals surface area contributed by atoms with Gasteiger partial charge in [0.2, 0.25) is 5.75 Å². The number of hydrogen-bond donors (Lipinski definition) is 0. The number of aromatic nitrogens is 1. The van der Waals surface area contributed by atoms with Crippen molar-refractivity contribution >= 4 is 17.7 Å². The quantitative estimate of drug-likeness (QED) is 0.185. The minimum absolute atomic E-state index is 0.112. The summed E-state index contributed by atoms with van der Waals surface area (Å²) in [5.74, 6) is -3.59. The fraction of sp³-hybridized carbons (Fsp3) is 0.355. The molecular formula is C31H33F2NO7. The van der Waals surface area contributed by atoms with E-state index >= 15 is 0 Å². The van der Waals surface area contributed by atoms with Crippen molar-refractivity contribution in [2.24, 2.45) is 11.8 Å². The summed E-state index contributed by atoms with van der Waals surface area (Å²) in [5.41, 5.74) is 1.48. The summed E-state index contributed by atoms with van der Waals surface area (Å²) in [4.78, 5) is 41.6. The van der Waals surface area contributed by atoms with Gasteiger partial charge in [-0.3, -0.25) is 14.4 Å². The SMILES string of the molecule is COc1ccnc(C(=O)C[C@@H](C)C(=O)O[C@@H](C)[C@@H](COCc2ccc(F)cc2)Cc2ccc(F)cc2)c1OC(C)=O. The minimum atomic E-state index is -0.838. The van der Waals surface area contributed by atoms with Gasteiger partial charge in [-0.2, -0.15) is 0 Å². The molecule has 0 amide bonds. The van der Waals surface area contributed by atoms with Gasteiger partial charge in [0.05, 0.1) is 26.2 Å². The van der Waals surface area contributed by atoms with E-state index in [1.54, 1.807) is 38.1 Å². The third kappa shape index (κ3) is 9.46. The van der Waals surface area contributed by atoms with E-state index in [0.29, 0.717) is 6.42 Å². The van der Waals surface area contributed by atoms with E-state index in [1.807, 2.05) is 0 Å². The number of Topliss-reactive ketones (excluding diaryl/α,β-unsaturated/α-hetero) is 1. The maximum atomic E-state index is 13.4. The highest BCUT2D eigenvalue weighted by Crippen LogP contribution is 2.31. The van der Waals surface area contributed by atoms with E-state index in [-0.39, 0.29) is 54.4 Å². The van der Waals surface area contributed by atoms with Crippen LogP contribution in [0.4, 0.5) is 8.78 Å². The first-order chi connectivity index (χ1) is 19.6. The first kappa shape index (κ1) is 31.3. The first-order valence-corrected chi connectivity index (χ1v) is 13.1. The lowest BCUT2D eigenvalue weighted by molar-refractivity contribution is -0.156. The van der Waals surface area contributed by atoms with Gasteiger partial charge in [0.15, 0.2) is 17.2 Å². The molecule has 8 nitrogen and oxygen atoms in total. The average molecular weight is 570 g/mol. The van der Waals surface area contributed by atoms with Crippen LogP contribution in [0.15, 0.2) is 60.8 Å². The second kappa shape index (κ2) is 15.0. The van der Waals surface area contributed by atoms with Crippen molar-refractivity contribution in [2.75, 3.05) is 13.7 Å². The molecule has 3 atom stereocenters. The lowest BCUT2D eigenvalue weighted by Crippen LogP contribution is -2.32. The molecule has 0 fully saturated rings. The summed E-state index contributed by atoms with van der Waals surface area (Å²) >= 11 is 0. The summed E-state index contributed by atoms with van der Waals surface area (Å²) in [6.07, 6.45) is 0.912. The largest absolute Gasteiger partial charge is 0.493 e. The predicted octanol–water partition coefficient (Wildman–Crippen LogP) is 5.51. The normalized spacial score (nSPS) is 13.1. The van der Waals surface area contributed by atoms with Gasteiger partial charge in [0, 0.05) is 31.5 Å². The fourth-order valence-corrected chi connectivity index (χ4v) is 4.08. The molecule has 3 aromatic rings. The zero-order valence-electron chi connectivity index (χ0n) is 23.4. The Morgan fingerprint density at radius 2 is 1.51 bits per heavy atom. The van der Waals surface area contributed by atoms with Crippen LogP contribution in [0.2, 0.25) is 0 Å². The van der Waals surface area contributed by atoms with Crippen molar-refractivity contribution in [3.8, 4) is 11.5 Å². The fourth-order valence-electron chi connectivity index (χ4n) is 4.08. The maximum Gasteiger partial charge on any atom is 0.309 e. The van der Waals surface area contributed by atoms with Crippen LogP contribution in [-0.2, 0) is 32.1 Å².